The Morgan fingerprint density at radius 3 is 2.84 bits per heavy atom. The first kappa shape index (κ1) is 18.0. The molecule has 8 heteroatoms. The minimum absolute atomic E-state index is 0.177. The van der Waals surface area contributed by atoms with Crippen molar-refractivity contribution in [2.75, 3.05) is 38.1 Å². The molecule has 3 heterocycles. The molecule has 1 N–H and O–H groups in total. The van der Waals surface area contributed by atoms with E-state index in [1.165, 1.54) is 6.07 Å². The number of piperidine rings is 2. The number of nitrogens with zero attached hydrogens (tertiary/aromatic N) is 3. The van der Waals surface area contributed by atoms with Crippen molar-refractivity contribution >= 4 is 11.7 Å². The van der Waals surface area contributed by atoms with Crippen LogP contribution in [-0.4, -0.2) is 55.1 Å². The SMILES string of the molecule is CNCCN1C(=O)CC[C@H]2CN(c3cccc(C(F)(F)F)n3)CC[C@H]21. The Balaban J connectivity index is 1.72. The Bertz CT molecular complexity index is 622. The van der Waals surface area contributed by atoms with Crippen molar-refractivity contribution in [3.8, 4) is 0 Å². The van der Waals surface area contributed by atoms with Gasteiger partial charge in [0.15, 0.2) is 0 Å². The Kier molecular flexibility index (Phi) is 5.17. The summed E-state index contributed by atoms with van der Waals surface area (Å²) < 4.78 is 38.7. The molecule has 1 aromatic heterocycles. The molecule has 2 fully saturated rings. The minimum Gasteiger partial charge on any atom is -0.356 e. The van der Waals surface area contributed by atoms with Crippen molar-refractivity contribution < 1.29 is 18.0 Å². The van der Waals surface area contributed by atoms with Crippen molar-refractivity contribution in [1.29, 1.82) is 0 Å². The van der Waals surface area contributed by atoms with Crippen molar-refractivity contribution in [3.63, 3.8) is 0 Å². The Hall–Kier alpha value is -1.83. The maximum atomic E-state index is 12.9. The second-order valence-corrected chi connectivity index (χ2v) is 6.67. The number of hydrogen-bond donors (Lipinski definition) is 1. The molecule has 2 atom stereocenters. The van der Waals surface area contributed by atoms with Crippen LogP contribution in [0.1, 0.15) is 25.0 Å². The van der Waals surface area contributed by atoms with Crippen molar-refractivity contribution in [2.45, 2.75) is 31.5 Å². The fraction of sp³-hybridized carbons (Fsp3) is 0.647. The van der Waals surface area contributed by atoms with Crippen LogP contribution in [0.2, 0.25) is 0 Å². The Morgan fingerprint density at radius 2 is 2.12 bits per heavy atom. The van der Waals surface area contributed by atoms with E-state index in [9.17, 15) is 18.0 Å². The summed E-state index contributed by atoms with van der Waals surface area (Å²) >= 11 is 0. The average molecular weight is 356 g/mol. The summed E-state index contributed by atoms with van der Waals surface area (Å²) in [6.07, 6.45) is -2.38. The smallest absolute Gasteiger partial charge is 0.356 e. The summed E-state index contributed by atoms with van der Waals surface area (Å²) in [5, 5.41) is 3.07. The Labute approximate surface area is 145 Å². The van der Waals surface area contributed by atoms with Crippen LogP contribution < -0.4 is 10.2 Å². The first-order chi connectivity index (χ1) is 11.9. The number of likely N-dealkylation sites (tertiary alicyclic amines) is 1. The van der Waals surface area contributed by atoms with Crippen LogP contribution in [0.3, 0.4) is 0 Å². The molecule has 1 aromatic rings. The van der Waals surface area contributed by atoms with E-state index >= 15 is 0 Å². The maximum absolute atomic E-state index is 12.9. The third-order valence-corrected chi connectivity index (χ3v) is 5.10. The third kappa shape index (κ3) is 3.89. The van der Waals surface area contributed by atoms with Gasteiger partial charge in [0.2, 0.25) is 5.91 Å². The lowest BCUT2D eigenvalue weighted by molar-refractivity contribution is -0.141. The highest BCUT2D eigenvalue weighted by atomic mass is 19.4. The van der Waals surface area contributed by atoms with Gasteiger partial charge in [0, 0.05) is 38.6 Å². The molecule has 138 valence electrons. The quantitative estimate of drug-likeness (QED) is 0.898. The lowest BCUT2D eigenvalue weighted by Crippen LogP contribution is -2.57. The van der Waals surface area contributed by atoms with Gasteiger partial charge in [-0.15, -0.1) is 0 Å². The van der Waals surface area contributed by atoms with Crippen LogP contribution in [0, 0.1) is 5.92 Å². The van der Waals surface area contributed by atoms with Crippen molar-refractivity contribution in [2.24, 2.45) is 5.92 Å². The number of fused-ring (bicyclic) bond motifs is 1. The van der Waals surface area contributed by atoms with Crippen LogP contribution in [0.4, 0.5) is 19.0 Å². The van der Waals surface area contributed by atoms with E-state index in [1.807, 2.05) is 16.8 Å². The summed E-state index contributed by atoms with van der Waals surface area (Å²) in [5.74, 6) is 0.828. The zero-order valence-corrected chi connectivity index (χ0v) is 14.2. The van der Waals surface area contributed by atoms with Crippen LogP contribution in [0.5, 0.6) is 0 Å². The van der Waals surface area contributed by atoms with Crippen LogP contribution >= 0.6 is 0 Å². The van der Waals surface area contributed by atoms with E-state index in [0.717, 1.165) is 25.5 Å². The molecule has 2 saturated heterocycles. The third-order valence-electron chi connectivity index (χ3n) is 5.10. The second kappa shape index (κ2) is 7.19. The van der Waals surface area contributed by atoms with Gasteiger partial charge in [0.05, 0.1) is 0 Å². The van der Waals surface area contributed by atoms with Gasteiger partial charge in [-0.1, -0.05) is 6.07 Å². The van der Waals surface area contributed by atoms with E-state index in [1.54, 1.807) is 6.07 Å². The summed E-state index contributed by atoms with van der Waals surface area (Å²) in [6, 6.07) is 4.20. The van der Waals surface area contributed by atoms with Crippen LogP contribution in [0.25, 0.3) is 0 Å². The van der Waals surface area contributed by atoms with E-state index in [0.29, 0.717) is 31.9 Å². The summed E-state index contributed by atoms with van der Waals surface area (Å²) in [7, 11) is 1.85. The lowest BCUT2D eigenvalue weighted by Gasteiger charge is -2.47. The number of carbonyl (C=O) groups excluding carboxylic acids is 1. The molecule has 1 amide bonds. The lowest BCUT2D eigenvalue weighted by atomic mass is 9.83. The Morgan fingerprint density at radius 1 is 1.32 bits per heavy atom. The summed E-state index contributed by atoms with van der Waals surface area (Å²) in [6.45, 7) is 2.67. The monoisotopic (exact) mass is 356 g/mol. The van der Waals surface area contributed by atoms with Gasteiger partial charge in [-0.2, -0.15) is 13.2 Å². The fourth-order valence-corrected chi connectivity index (χ4v) is 3.84. The molecule has 25 heavy (non-hydrogen) atoms. The zero-order chi connectivity index (χ0) is 18.0. The molecular formula is C17H23F3N4O. The highest BCUT2D eigenvalue weighted by Gasteiger charge is 2.39. The van der Waals surface area contributed by atoms with Gasteiger partial charge in [0.1, 0.15) is 11.5 Å². The summed E-state index contributed by atoms with van der Waals surface area (Å²) in [4.78, 5) is 19.9. The molecule has 0 bridgehead atoms. The van der Waals surface area contributed by atoms with Gasteiger partial charge < -0.3 is 15.1 Å². The van der Waals surface area contributed by atoms with Crippen molar-refractivity contribution in [1.82, 2.24) is 15.2 Å². The van der Waals surface area contributed by atoms with Gasteiger partial charge in [0.25, 0.3) is 0 Å². The molecular weight excluding hydrogens is 333 g/mol. The largest absolute Gasteiger partial charge is 0.433 e. The van der Waals surface area contributed by atoms with Gasteiger partial charge in [-0.3, -0.25) is 4.79 Å². The van der Waals surface area contributed by atoms with Gasteiger partial charge in [-0.05, 0) is 37.9 Å². The first-order valence-electron chi connectivity index (χ1n) is 8.63. The molecule has 3 rings (SSSR count). The molecule has 5 nitrogen and oxygen atoms in total. The molecule has 0 saturated carbocycles. The molecule has 0 aromatic carbocycles. The number of amides is 1. The number of alkyl halides is 3. The van der Waals surface area contributed by atoms with Gasteiger partial charge >= 0.3 is 6.18 Å². The highest BCUT2D eigenvalue weighted by molar-refractivity contribution is 5.77. The highest BCUT2D eigenvalue weighted by Crippen LogP contribution is 2.34. The van der Waals surface area contributed by atoms with Crippen LogP contribution in [0.15, 0.2) is 18.2 Å². The number of pyridine rings is 1. The van der Waals surface area contributed by atoms with E-state index in [-0.39, 0.29) is 17.9 Å². The minimum atomic E-state index is -4.43. The number of hydrogen-bond acceptors (Lipinski definition) is 4. The molecule has 0 radical (unpaired) electrons. The number of likely N-dealkylation sites (N-methyl/N-ethyl adjacent to an activating group) is 1. The van der Waals surface area contributed by atoms with E-state index in [4.69, 9.17) is 0 Å². The van der Waals surface area contributed by atoms with E-state index in [2.05, 4.69) is 10.3 Å². The topological polar surface area (TPSA) is 48.5 Å². The molecule has 0 unspecified atom stereocenters. The number of nitrogens with one attached hydrogen (secondary N) is 1. The maximum Gasteiger partial charge on any atom is 0.433 e. The average Bonchev–Trinajstić information content (AvgIpc) is 2.60. The normalized spacial score (nSPS) is 24.4. The fourth-order valence-electron chi connectivity index (χ4n) is 3.84. The van der Waals surface area contributed by atoms with Crippen molar-refractivity contribution in [3.05, 3.63) is 23.9 Å². The number of carbonyl (C=O) groups is 1. The predicted octanol–water partition coefficient (Wildman–Crippen LogP) is 2.14. The molecule has 0 aliphatic carbocycles. The summed E-state index contributed by atoms with van der Waals surface area (Å²) in [5.41, 5.74) is -0.860. The first-order valence-corrected chi connectivity index (χ1v) is 8.63. The number of aromatic nitrogens is 1. The standard InChI is InChI=1S/C17H23F3N4O/c1-21-8-10-24-13-7-9-23(11-12(13)5-6-16(24)25)15-4-2-3-14(22-15)17(18,19)20/h2-4,12-13,21H,5-11H2,1H3/t12-,13+/m0/s1. The molecule has 0 spiro atoms. The molecule has 2 aliphatic rings. The zero-order valence-electron chi connectivity index (χ0n) is 14.2. The van der Waals surface area contributed by atoms with Gasteiger partial charge in [-0.25, -0.2) is 4.98 Å². The van der Waals surface area contributed by atoms with E-state index < -0.39 is 11.9 Å². The van der Waals surface area contributed by atoms with Crippen LogP contribution in [-0.2, 0) is 11.0 Å². The number of halogens is 3. The second-order valence-electron chi connectivity index (χ2n) is 6.67. The molecule has 2 aliphatic heterocycles. The number of anilines is 1. The number of rotatable bonds is 4. The predicted molar refractivity (Wildman–Crippen MR) is 88.2 cm³/mol.